The summed E-state index contributed by atoms with van der Waals surface area (Å²) in [7, 11) is 0. The largest absolute Gasteiger partial charge is 0.416 e. The number of aromatic nitrogens is 3. The van der Waals surface area contributed by atoms with Crippen molar-refractivity contribution >= 4 is 11.6 Å². The van der Waals surface area contributed by atoms with E-state index >= 15 is 0 Å². The number of nitrogens with one attached hydrogen (secondary N) is 1. The van der Waals surface area contributed by atoms with Gasteiger partial charge in [-0.05, 0) is 30.3 Å². The van der Waals surface area contributed by atoms with Gasteiger partial charge in [0.2, 0.25) is 5.82 Å². The van der Waals surface area contributed by atoms with Gasteiger partial charge in [0.1, 0.15) is 6.33 Å². The molecule has 5 nitrogen and oxygen atoms in total. The molecule has 0 saturated carbocycles. The predicted octanol–water partition coefficient (Wildman–Crippen LogP) is 3.54. The minimum Gasteiger partial charge on any atom is -0.319 e. The van der Waals surface area contributed by atoms with Gasteiger partial charge in [0.25, 0.3) is 5.91 Å². The van der Waals surface area contributed by atoms with Crippen molar-refractivity contribution in [1.29, 1.82) is 0 Å². The molecule has 0 unspecified atom stereocenters. The lowest BCUT2D eigenvalue weighted by Crippen LogP contribution is -2.15. The summed E-state index contributed by atoms with van der Waals surface area (Å²) in [4.78, 5) is 16.0. The van der Waals surface area contributed by atoms with Crippen LogP contribution in [-0.4, -0.2) is 20.7 Å². The van der Waals surface area contributed by atoms with Gasteiger partial charge in [-0.25, -0.2) is 9.67 Å². The highest BCUT2D eigenvalue weighted by Crippen LogP contribution is 2.30. The summed E-state index contributed by atoms with van der Waals surface area (Å²) < 4.78 is 39.4. The van der Waals surface area contributed by atoms with E-state index in [1.165, 1.54) is 23.1 Å². The van der Waals surface area contributed by atoms with Gasteiger partial charge in [-0.1, -0.05) is 24.3 Å². The number of carbonyl (C=O) groups is 1. The quantitative estimate of drug-likeness (QED) is 0.798. The first-order chi connectivity index (χ1) is 11.4. The van der Waals surface area contributed by atoms with Gasteiger partial charge < -0.3 is 5.32 Å². The van der Waals surface area contributed by atoms with Crippen LogP contribution < -0.4 is 5.32 Å². The van der Waals surface area contributed by atoms with Gasteiger partial charge in [-0.15, -0.1) is 5.10 Å². The number of halogens is 3. The van der Waals surface area contributed by atoms with Crippen molar-refractivity contribution in [3.05, 3.63) is 72.3 Å². The van der Waals surface area contributed by atoms with Crippen LogP contribution in [0.1, 0.15) is 16.2 Å². The summed E-state index contributed by atoms with van der Waals surface area (Å²) >= 11 is 0. The third kappa shape index (κ3) is 3.43. The molecule has 0 aliphatic carbocycles. The van der Waals surface area contributed by atoms with Crippen LogP contribution in [0.25, 0.3) is 5.69 Å². The van der Waals surface area contributed by atoms with Gasteiger partial charge in [0.05, 0.1) is 11.3 Å². The van der Waals surface area contributed by atoms with Crippen molar-refractivity contribution in [3.63, 3.8) is 0 Å². The third-order valence-electron chi connectivity index (χ3n) is 3.16. The molecule has 0 aliphatic rings. The van der Waals surface area contributed by atoms with Crippen molar-refractivity contribution in [2.45, 2.75) is 6.18 Å². The molecule has 2 aromatic carbocycles. The summed E-state index contributed by atoms with van der Waals surface area (Å²) in [5, 5.41) is 6.38. The Kier molecular flexibility index (Phi) is 4.03. The zero-order valence-electron chi connectivity index (χ0n) is 12.2. The highest BCUT2D eigenvalue weighted by Gasteiger charge is 2.30. The van der Waals surface area contributed by atoms with Crippen molar-refractivity contribution in [1.82, 2.24) is 14.8 Å². The summed E-state index contributed by atoms with van der Waals surface area (Å²) in [5.74, 6) is -0.833. The fraction of sp³-hybridized carbons (Fsp3) is 0.0625. The monoisotopic (exact) mass is 332 g/mol. The molecule has 0 atom stereocenters. The number of hydrogen-bond donors (Lipinski definition) is 1. The molecule has 8 heteroatoms. The molecular formula is C16H11F3N4O. The first kappa shape index (κ1) is 15.7. The number of benzene rings is 2. The Morgan fingerprint density at radius 3 is 2.50 bits per heavy atom. The molecule has 0 fully saturated rings. The number of hydrogen-bond acceptors (Lipinski definition) is 3. The fourth-order valence-electron chi connectivity index (χ4n) is 2.03. The first-order valence-corrected chi connectivity index (χ1v) is 6.89. The zero-order valence-corrected chi connectivity index (χ0v) is 12.2. The molecule has 0 spiro atoms. The highest BCUT2D eigenvalue weighted by molar-refractivity contribution is 6.01. The lowest BCUT2D eigenvalue weighted by molar-refractivity contribution is -0.137. The lowest BCUT2D eigenvalue weighted by Gasteiger charge is -2.08. The number of para-hydroxylation sites is 1. The van der Waals surface area contributed by atoms with Gasteiger partial charge in [-0.2, -0.15) is 13.2 Å². The Bertz CT molecular complexity index is 859. The van der Waals surface area contributed by atoms with Crippen LogP contribution in [0.3, 0.4) is 0 Å². The van der Waals surface area contributed by atoms with Crippen molar-refractivity contribution in [2.24, 2.45) is 0 Å². The Morgan fingerprint density at radius 2 is 1.79 bits per heavy atom. The van der Waals surface area contributed by atoms with Crippen LogP contribution in [0, 0.1) is 0 Å². The molecule has 0 bridgehead atoms. The van der Waals surface area contributed by atoms with Crippen LogP contribution in [0.4, 0.5) is 18.9 Å². The van der Waals surface area contributed by atoms with Gasteiger partial charge in [0.15, 0.2) is 0 Å². The molecule has 1 amide bonds. The molecular weight excluding hydrogens is 321 g/mol. The van der Waals surface area contributed by atoms with Crippen molar-refractivity contribution in [3.8, 4) is 5.69 Å². The van der Waals surface area contributed by atoms with Crippen molar-refractivity contribution in [2.75, 3.05) is 5.32 Å². The van der Waals surface area contributed by atoms with E-state index in [0.717, 1.165) is 12.1 Å². The van der Waals surface area contributed by atoms with Crippen LogP contribution in [0.2, 0.25) is 0 Å². The van der Waals surface area contributed by atoms with Gasteiger partial charge in [-0.3, -0.25) is 4.79 Å². The fourth-order valence-corrected chi connectivity index (χ4v) is 2.03. The average Bonchev–Trinajstić information content (AvgIpc) is 3.05. The number of alkyl halides is 3. The maximum absolute atomic E-state index is 12.7. The molecule has 0 aliphatic heterocycles. The standard InChI is InChI=1S/C16H11F3N4O/c17-16(18,19)11-5-4-6-12(9-11)21-15(24)14-20-10-23(22-14)13-7-2-1-3-8-13/h1-10H,(H,21,24). The summed E-state index contributed by atoms with van der Waals surface area (Å²) in [6.07, 6.45) is -3.12. The van der Waals surface area contributed by atoms with Crippen LogP contribution >= 0.6 is 0 Å². The maximum Gasteiger partial charge on any atom is 0.416 e. The topological polar surface area (TPSA) is 59.8 Å². The van der Waals surface area contributed by atoms with Crippen LogP contribution in [-0.2, 0) is 6.18 Å². The normalized spacial score (nSPS) is 11.3. The van der Waals surface area contributed by atoms with E-state index in [0.29, 0.717) is 5.69 Å². The Balaban J connectivity index is 1.78. The maximum atomic E-state index is 12.7. The minimum atomic E-state index is -4.48. The third-order valence-corrected chi connectivity index (χ3v) is 3.16. The molecule has 0 radical (unpaired) electrons. The lowest BCUT2D eigenvalue weighted by atomic mass is 10.2. The molecule has 1 aromatic heterocycles. The summed E-state index contributed by atoms with van der Waals surface area (Å²) in [6, 6.07) is 13.4. The second kappa shape index (κ2) is 6.15. The number of anilines is 1. The summed E-state index contributed by atoms with van der Waals surface area (Å²) in [6.45, 7) is 0. The average molecular weight is 332 g/mol. The molecule has 122 valence electrons. The van der Waals surface area contributed by atoms with E-state index in [1.807, 2.05) is 6.07 Å². The Labute approximate surface area is 134 Å². The van der Waals surface area contributed by atoms with E-state index in [4.69, 9.17) is 0 Å². The van der Waals surface area contributed by atoms with Crippen molar-refractivity contribution < 1.29 is 18.0 Å². The van der Waals surface area contributed by atoms with E-state index in [1.54, 1.807) is 24.3 Å². The molecule has 24 heavy (non-hydrogen) atoms. The van der Waals surface area contributed by atoms with Crippen LogP contribution in [0.15, 0.2) is 60.9 Å². The number of carbonyl (C=O) groups excluding carboxylic acids is 1. The molecule has 3 aromatic rings. The van der Waals surface area contributed by atoms with E-state index in [2.05, 4.69) is 15.4 Å². The number of rotatable bonds is 3. The van der Waals surface area contributed by atoms with E-state index in [-0.39, 0.29) is 11.5 Å². The molecule has 1 heterocycles. The number of amides is 1. The highest BCUT2D eigenvalue weighted by atomic mass is 19.4. The van der Waals surface area contributed by atoms with Gasteiger partial charge >= 0.3 is 6.18 Å². The smallest absolute Gasteiger partial charge is 0.319 e. The minimum absolute atomic E-state index is 0.0193. The van der Waals surface area contributed by atoms with Gasteiger partial charge in [0, 0.05) is 5.69 Å². The molecule has 1 N–H and O–H groups in total. The van der Waals surface area contributed by atoms with E-state index in [9.17, 15) is 18.0 Å². The van der Waals surface area contributed by atoms with E-state index < -0.39 is 17.6 Å². The number of nitrogens with zero attached hydrogens (tertiary/aromatic N) is 3. The second-order valence-electron chi connectivity index (χ2n) is 4.88. The zero-order chi connectivity index (χ0) is 17.2. The SMILES string of the molecule is O=C(Nc1cccc(C(F)(F)F)c1)c1ncn(-c2ccccc2)n1. The molecule has 0 saturated heterocycles. The second-order valence-corrected chi connectivity index (χ2v) is 4.88. The predicted molar refractivity (Wildman–Crippen MR) is 80.8 cm³/mol. The Hall–Kier alpha value is -3.16. The first-order valence-electron chi connectivity index (χ1n) is 6.89. The summed E-state index contributed by atoms with van der Waals surface area (Å²) in [5.41, 5.74) is -0.114. The molecule has 3 rings (SSSR count). The Morgan fingerprint density at radius 1 is 1.04 bits per heavy atom. The van der Waals surface area contributed by atoms with Crippen LogP contribution in [0.5, 0.6) is 0 Å².